The Morgan fingerprint density at radius 1 is 1.14 bits per heavy atom. The standard InChI is InChI=1S/C17H20N4O/c22-12-17-18-15-7-3-4-8-16(15)20(17)11-13-9-10-21(19-13)14-5-1-2-6-14/h3-4,7-10,14,22H,1-2,5-6,11-12H2. The van der Waals surface area contributed by atoms with Crippen LogP contribution >= 0.6 is 0 Å². The number of imidazole rings is 1. The number of nitrogens with zero attached hydrogens (tertiary/aromatic N) is 4. The van der Waals surface area contributed by atoms with E-state index in [9.17, 15) is 5.11 Å². The molecule has 0 radical (unpaired) electrons. The number of benzene rings is 1. The molecule has 1 N–H and O–H groups in total. The fourth-order valence-electron chi connectivity index (χ4n) is 3.42. The second kappa shape index (κ2) is 5.57. The van der Waals surface area contributed by atoms with E-state index in [4.69, 9.17) is 5.10 Å². The molecule has 2 aromatic heterocycles. The predicted molar refractivity (Wildman–Crippen MR) is 84.5 cm³/mol. The van der Waals surface area contributed by atoms with Gasteiger partial charge in [-0.3, -0.25) is 4.68 Å². The van der Waals surface area contributed by atoms with E-state index in [-0.39, 0.29) is 6.61 Å². The maximum atomic E-state index is 9.57. The van der Waals surface area contributed by atoms with E-state index < -0.39 is 0 Å². The van der Waals surface area contributed by atoms with Gasteiger partial charge in [0.2, 0.25) is 0 Å². The molecule has 22 heavy (non-hydrogen) atoms. The van der Waals surface area contributed by atoms with Crippen molar-refractivity contribution >= 4 is 11.0 Å². The molecule has 114 valence electrons. The summed E-state index contributed by atoms with van der Waals surface area (Å²) in [5.41, 5.74) is 2.98. The summed E-state index contributed by atoms with van der Waals surface area (Å²) in [7, 11) is 0. The molecular weight excluding hydrogens is 276 g/mol. The molecule has 0 amide bonds. The van der Waals surface area contributed by atoms with E-state index in [0.29, 0.717) is 18.4 Å². The molecular formula is C17H20N4O. The molecule has 2 heterocycles. The van der Waals surface area contributed by atoms with Crippen LogP contribution in [0.15, 0.2) is 36.5 Å². The van der Waals surface area contributed by atoms with Gasteiger partial charge in [0, 0.05) is 6.20 Å². The SMILES string of the molecule is OCc1nc2ccccc2n1Cc1ccn(C2CCCC2)n1. The number of rotatable bonds is 4. The van der Waals surface area contributed by atoms with Crippen LogP contribution in [0.25, 0.3) is 11.0 Å². The van der Waals surface area contributed by atoms with Crippen molar-refractivity contribution in [3.63, 3.8) is 0 Å². The Labute approximate surface area is 129 Å². The van der Waals surface area contributed by atoms with E-state index in [1.165, 1.54) is 25.7 Å². The van der Waals surface area contributed by atoms with Gasteiger partial charge in [0.25, 0.3) is 0 Å². The van der Waals surface area contributed by atoms with Gasteiger partial charge >= 0.3 is 0 Å². The van der Waals surface area contributed by atoms with Crippen LogP contribution in [-0.2, 0) is 13.2 Å². The first-order valence-electron chi connectivity index (χ1n) is 7.94. The van der Waals surface area contributed by atoms with Gasteiger partial charge in [-0.05, 0) is 31.0 Å². The number of fused-ring (bicyclic) bond motifs is 1. The van der Waals surface area contributed by atoms with Gasteiger partial charge in [0.05, 0.1) is 29.3 Å². The summed E-state index contributed by atoms with van der Waals surface area (Å²) in [5, 5.41) is 14.3. The van der Waals surface area contributed by atoms with Crippen molar-refractivity contribution in [1.82, 2.24) is 19.3 Å². The normalized spacial score (nSPS) is 15.9. The minimum absolute atomic E-state index is 0.0575. The van der Waals surface area contributed by atoms with Gasteiger partial charge in [-0.2, -0.15) is 5.10 Å². The van der Waals surface area contributed by atoms with Crippen LogP contribution in [0.1, 0.15) is 43.2 Å². The summed E-state index contributed by atoms with van der Waals surface area (Å²) < 4.78 is 4.16. The maximum Gasteiger partial charge on any atom is 0.136 e. The van der Waals surface area contributed by atoms with E-state index in [1.54, 1.807) is 0 Å². The van der Waals surface area contributed by atoms with Crippen LogP contribution in [0.5, 0.6) is 0 Å². The van der Waals surface area contributed by atoms with E-state index in [2.05, 4.69) is 26.5 Å². The average Bonchev–Trinajstić information content (AvgIpc) is 3.27. The monoisotopic (exact) mass is 296 g/mol. The Balaban J connectivity index is 1.65. The van der Waals surface area contributed by atoms with Gasteiger partial charge in [0.1, 0.15) is 12.4 Å². The predicted octanol–water partition coefficient (Wildman–Crippen LogP) is 2.89. The number of aliphatic hydroxyl groups is 1. The lowest BCUT2D eigenvalue weighted by Crippen LogP contribution is -2.09. The minimum atomic E-state index is -0.0575. The molecule has 1 aromatic carbocycles. The van der Waals surface area contributed by atoms with E-state index in [0.717, 1.165) is 16.7 Å². The second-order valence-electron chi connectivity index (χ2n) is 5.99. The van der Waals surface area contributed by atoms with Crippen molar-refractivity contribution in [3.8, 4) is 0 Å². The lowest BCUT2D eigenvalue weighted by molar-refractivity contribution is 0.266. The largest absolute Gasteiger partial charge is 0.388 e. The lowest BCUT2D eigenvalue weighted by Gasteiger charge is -2.09. The third-order valence-corrected chi connectivity index (χ3v) is 4.56. The Morgan fingerprint density at radius 2 is 1.95 bits per heavy atom. The van der Waals surface area contributed by atoms with Crippen LogP contribution in [0.2, 0.25) is 0 Å². The first-order chi connectivity index (χ1) is 10.8. The van der Waals surface area contributed by atoms with Gasteiger partial charge in [0.15, 0.2) is 0 Å². The average molecular weight is 296 g/mol. The quantitative estimate of drug-likeness (QED) is 0.805. The number of hydrogen-bond donors (Lipinski definition) is 1. The molecule has 0 bridgehead atoms. The molecule has 4 rings (SSSR count). The molecule has 0 unspecified atom stereocenters. The van der Waals surface area contributed by atoms with Crippen molar-refractivity contribution in [2.45, 2.75) is 44.9 Å². The van der Waals surface area contributed by atoms with Crippen molar-refractivity contribution in [3.05, 3.63) is 48.0 Å². The van der Waals surface area contributed by atoms with E-state index in [1.807, 2.05) is 24.3 Å². The molecule has 0 saturated heterocycles. The van der Waals surface area contributed by atoms with Crippen molar-refractivity contribution < 1.29 is 5.11 Å². The van der Waals surface area contributed by atoms with Crippen LogP contribution in [0, 0.1) is 0 Å². The topological polar surface area (TPSA) is 55.9 Å². The van der Waals surface area contributed by atoms with Gasteiger partial charge in [-0.25, -0.2) is 4.98 Å². The van der Waals surface area contributed by atoms with Crippen LogP contribution in [0.3, 0.4) is 0 Å². The summed E-state index contributed by atoms with van der Waals surface area (Å²) in [6.45, 7) is 0.591. The number of aromatic nitrogens is 4. The molecule has 0 spiro atoms. The van der Waals surface area contributed by atoms with Crippen LogP contribution in [-0.4, -0.2) is 24.4 Å². The van der Waals surface area contributed by atoms with Gasteiger partial charge in [-0.15, -0.1) is 0 Å². The zero-order chi connectivity index (χ0) is 14.9. The maximum absolute atomic E-state index is 9.57. The van der Waals surface area contributed by atoms with Gasteiger partial charge in [-0.1, -0.05) is 25.0 Å². The zero-order valence-corrected chi connectivity index (χ0v) is 12.5. The van der Waals surface area contributed by atoms with Crippen LogP contribution < -0.4 is 0 Å². The highest BCUT2D eigenvalue weighted by Crippen LogP contribution is 2.29. The smallest absolute Gasteiger partial charge is 0.136 e. The highest BCUT2D eigenvalue weighted by molar-refractivity contribution is 5.75. The summed E-state index contributed by atoms with van der Waals surface area (Å²) in [6, 6.07) is 10.6. The summed E-state index contributed by atoms with van der Waals surface area (Å²) >= 11 is 0. The fraction of sp³-hybridized carbons (Fsp3) is 0.412. The zero-order valence-electron chi connectivity index (χ0n) is 12.5. The molecule has 1 saturated carbocycles. The Morgan fingerprint density at radius 3 is 2.77 bits per heavy atom. The van der Waals surface area contributed by atoms with Crippen molar-refractivity contribution in [1.29, 1.82) is 0 Å². The minimum Gasteiger partial charge on any atom is -0.388 e. The summed E-state index contributed by atoms with van der Waals surface area (Å²) in [5.74, 6) is 0.691. The summed E-state index contributed by atoms with van der Waals surface area (Å²) in [6.07, 6.45) is 7.17. The van der Waals surface area contributed by atoms with Crippen molar-refractivity contribution in [2.75, 3.05) is 0 Å². The highest BCUT2D eigenvalue weighted by Gasteiger charge is 2.18. The van der Waals surface area contributed by atoms with Gasteiger partial charge < -0.3 is 9.67 Å². The van der Waals surface area contributed by atoms with Crippen LogP contribution in [0.4, 0.5) is 0 Å². The third kappa shape index (κ3) is 2.31. The first-order valence-corrected chi connectivity index (χ1v) is 7.94. The molecule has 1 fully saturated rings. The highest BCUT2D eigenvalue weighted by atomic mass is 16.3. The lowest BCUT2D eigenvalue weighted by atomic mass is 10.3. The Bertz CT molecular complexity index is 783. The molecule has 5 heteroatoms. The third-order valence-electron chi connectivity index (χ3n) is 4.56. The molecule has 0 atom stereocenters. The number of para-hydroxylation sites is 2. The van der Waals surface area contributed by atoms with Crippen molar-refractivity contribution in [2.24, 2.45) is 0 Å². The Hall–Kier alpha value is -2.14. The fourth-order valence-corrected chi connectivity index (χ4v) is 3.42. The second-order valence-corrected chi connectivity index (χ2v) is 5.99. The van der Waals surface area contributed by atoms with E-state index >= 15 is 0 Å². The molecule has 3 aromatic rings. The number of aliphatic hydroxyl groups excluding tert-OH is 1. The Kier molecular flexibility index (Phi) is 3.42. The number of hydrogen-bond acceptors (Lipinski definition) is 3. The summed E-state index contributed by atoms with van der Waals surface area (Å²) in [4.78, 5) is 4.49. The molecule has 5 nitrogen and oxygen atoms in total. The molecule has 1 aliphatic rings. The molecule has 0 aliphatic heterocycles. The molecule has 1 aliphatic carbocycles. The first kappa shape index (κ1) is 13.5.